The summed E-state index contributed by atoms with van der Waals surface area (Å²) in [6.07, 6.45) is 5.94. The number of benzene rings is 1. The molecule has 0 fully saturated rings. The van der Waals surface area contributed by atoms with Crippen molar-refractivity contribution in [3.05, 3.63) is 47.0 Å². The summed E-state index contributed by atoms with van der Waals surface area (Å²) in [7, 11) is 0. The van der Waals surface area contributed by atoms with Gasteiger partial charge in [-0.1, -0.05) is 69.5 Å². The first-order valence-electron chi connectivity index (χ1n) is 7.90. The molecule has 1 nitrogen and oxygen atoms in total. The van der Waals surface area contributed by atoms with E-state index in [0.717, 1.165) is 37.7 Å². The minimum atomic E-state index is -0.0138. The summed E-state index contributed by atoms with van der Waals surface area (Å²) >= 11 is 0. The van der Waals surface area contributed by atoms with Crippen LogP contribution in [0.25, 0.3) is 0 Å². The van der Waals surface area contributed by atoms with Crippen LogP contribution >= 0.6 is 0 Å². The zero-order valence-corrected chi connectivity index (χ0v) is 13.0. The molecular formula is C19H26O. The van der Waals surface area contributed by atoms with E-state index in [-0.39, 0.29) is 5.41 Å². The van der Waals surface area contributed by atoms with E-state index in [1.165, 1.54) is 11.1 Å². The van der Waals surface area contributed by atoms with Crippen molar-refractivity contribution in [1.29, 1.82) is 0 Å². The fraction of sp³-hybridized carbons (Fsp3) is 0.526. The van der Waals surface area contributed by atoms with E-state index >= 15 is 0 Å². The van der Waals surface area contributed by atoms with Crippen molar-refractivity contribution in [2.75, 3.05) is 0 Å². The number of hydrogen-bond acceptors (Lipinski definition) is 1. The molecule has 1 aromatic carbocycles. The predicted molar refractivity (Wildman–Crippen MR) is 84.9 cm³/mol. The van der Waals surface area contributed by atoms with Crippen LogP contribution in [0.2, 0.25) is 0 Å². The highest BCUT2D eigenvalue weighted by atomic mass is 16.1. The van der Waals surface area contributed by atoms with Crippen LogP contribution in [0, 0.1) is 0 Å². The lowest BCUT2D eigenvalue weighted by Crippen LogP contribution is -2.32. The van der Waals surface area contributed by atoms with E-state index in [1.54, 1.807) is 0 Å². The van der Waals surface area contributed by atoms with Gasteiger partial charge in [0.1, 0.15) is 0 Å². The Kier molecular flexibility index (Phi) is 4.80. The summed E-state index contributed by atoms with van der Waals surface area (Å²) in [5.41, 5.74) is 3.84. The third-order valence-electron chi connectivity index (χ3n) is 4.44. The van der Waals surface area contributed by atoms with Gasteiger partial charge in [0.2, 0.25) is 0 Å². The number of rotatable bonds is 5. The zero-order chi connectivity index (χ0) is 14.6. The van der Waals surface area contributed by atoms with Crippen molar-refractivity contribution in [3.63, 3.8) is 0 Å². The minimum Gasteiger partial charge on any atom is -0.295 e. The summed E-state index contributed by atoms with van der Waals surface area (Å²) in [4.78, 5) is 12.6. The van der Waals surface area contributed by atoms with Crippen molar-refractivity contribution in [2.24, 2.45) is 0 Å². The molecule has 0 spiro atoms. The fourth-order valence-electron chi connectivity index (χ4n) is 3.45. The standard InChI is InChI=1S/C19H26O/c1-4-9-15-13-19(3,16-11-7-6-8-12-16)14-18(20)17(15)10-5-2/h6-8,11-12H,4-5,9-10,13-14H2,1-3H3. The summed E-state index contributed by atoms with van der Waals surface area (Å²) in [6.45, 7) is 6.61. The lowest BCUT2D eigenvalue weighted by atomic mass is 9.67. The molecule has 1 aromatic rings. The molecule has 1 heteroatoms. The Morgan fingerprint density at radius 3 is 2.25 bits per heavy atom. The van der Waals surface area contributed by atoms with Crippen LogP contribution in [0.3, 0.4) is 0 Å². The maximum atomic E-state index is 12.6. The maximum Gasteiger partial charge on any atom is 0.159 e. The van der Waals surface area contributed by atoms with Crippen LogP contribution in [0.1, 0.15) is 64.9 Å². The average Bonchev–Trinajstić information content (AvgIpc) is 2.44. The van der Waals surface area contributed by atoms with Gasteiger partial charge >= 0.3 is 0 Å². The summed E-state index contributed by atoms with van der Waals surface area (Å²) in [5, 5.41) is 0. The molecule has 0 N–H and O–H groups in total. The van der Waals surface area contributed by atoms with Crippen molar-refractivity contribution >= 4 is 5.78 Å². The third-order valence-corrected chi connectivity index (χ3v) is 4.44. The van der Waals surface area contributed by atoms with Gasteiger partial charge in [0.25, 0.3) is 0 Å². The number of carbonyl (C=O) groups is 1. The maximum absolute atomic E-state index is 12.6. The van der Waals surface area contributed by atoms with Crippen LogP contribution in [-0.2, 0) is 10.2 Å². The van der Waals surface area contributed by atoms with Gasteiger partial charge in [-0.3, -0.25) is 4.79 Å². The quantitative estimate of drug-likeness (QED) is 0.718. The fourth-order valence-corrected chi connectivity index (χ4v) is 3.45. The molecule has 0 amide bonds. The topological polar surface area (TPSA) is 17.1 Å². The molecule has 0 heterocycles. The molecule has 0 radical (unpaired) electrons. The Morgan fingerprint density at radius 2 is 1.65 bits per heavy atom. The van der Waals surface area contributed by atoms with Crippen LogP contribution in [0.15, 0.2) is 41.5 Å². The SMILES string of the molecule is CCCC1=C(CCC)C(=O)CC(C)(c2ccccc2)C1. The van der Waals surface area contributed by atoms with E-state index in [4.69, 9.17) is 0 Å². The van der Waals surface area contributed by atoms with Crippen LogP contribution in [0.5, 0.6) is 0 Å². The van der Waals surface area contributed by atoms with Crippen molar-refractivity contribution in [3.8, 4) is 0 Å². The van der Waals surface area contributed by atoms with Crippen LogP contribution in [-0.4, -0.2) is 5.78 Å². The van der Waals surface area contributed by atoms with Crippen molar-refractivity contribution < 1.29 is 4.79 Å². The summed E-state index contributed by atoms with van der Waals surface area (Å²) < 4.78 is 0. The van der Waals surface area contributed by atoms with Gasteiger partial charge in [0.05, 0.1) is 0 Å². The largest absolute Gasteiger partial charge is 0.295 e. The summed E-state index contributed by atoms with van der Waals surface area (Å²) in [6, 6.07) is 10.5. The second-order valence-electron chi connectivity index (χ2n) is 6.29. The Morgan fingerprint density at radius 1 is 1.00 bits per heavy atom. The third kappa shape index (κ3) is 3.03. The van der Waals surface area contributed by atoms with Crippen molar-refractivity contribution in [1.82, 2.24) is 0 Å². The molecule has 1 unspecified atom stereocenters. The van der Waals surface area contributed by atoms with E-state index in [2.05, 4.69) is 45.0 Å². The molecule has 0 aromatic heterocycles. The number of ketones is 1. The lowest BCUT2D eigenvalue weighted by Gasteiger charge is -2.36. The number of carbonyl (C=O) groups excluding carboxylic acids is 1. The molecular weight excluding hydrogens is 244 g/mol. The molecule has 0 aliphatic heterocycles. The molecule has 0 saturated heterocycles. The average molecular weight is 270 g/mol. The van der Waals surface area contributed by atoms with Gasteiger partial charge in [0.15, 0.2) is 5.78 Å². The lowest BCUT2D eigenvalue weighted by molar-refractivity contribution is -0.117. The Hall–Kier alpha value is -1.37. The van der Waals surface area contributed by atoms with E-state index < -0.39 is 0 Å². The molecule has 1 aliphatic rings. The monoisotopic (exact) mass is 270 g/mol. The number of hydrogen-bond donors (Lipinski definition) is 0. The smallest absolute Gasteiger partial charge is 0.159 e. The molecule has 2 rings (SSSR count). The second-order valence-corrected chi connectivity index (χ2v) is 6.29. The zero-order valence-electron chi connectivity index (χ0n) is 13.0. The summed E-state index contributed by atoms with van der Waals surface area (Å²) in [5.74, 6) is 0.382. The normalized spacial score (nSPS) is 23.2. The second kappa shape index (κ2) is 6.39. The van der Waals surface area contributed by atoms with Gasteiger partial charge in [-0.05, 0) is 30.4 Å². The highest BCUT2D eigenvalue weighted by Gasteiger charge is 2.36. The Labute approximate surface area is 123 Å². The molecule has 108 valence electrons. The van der Waals surface area contributed by atoms with E-state index in [1.807, 2.05) is 6.07 Å². The van der Waals surface area contributed by atoms with Gasteiger partial charge in [-0.25, -0.2) is 0 Å². The van der Waals surface area contributed by atoms with Crippen molar-refractivity contribution in [2.45, 2.75) is 64.7 Å². The van der Waals surface area contributed by atoms with Crippen LogP contribution in [0.4, 0.5) is 0 Å². The minimum absolute atomic E-state index is 0.0138. The molecule has 1 aliphatic carbocycles. The Bertz CT molecular complexity index is 498. The highest BCUT2D eigenvalue weighted by molar-refractivity contribution is 5.98. The number of allylic oxidation sites excluding steroid dienone is 2. The molecule has 0 saturated carbocycles. The first-order chi connectivity index (χ1) is 9.60. The molecule has 0 bridgehead atoms. The number of Topliss-reactive ketones (excluding diaryl/α,β-unsaturated/α-hetero) is 1. The first kappa shape index (κ1) is 15.0. The molecule has 1 atom stereocenters. The van der Waals surface area contributed by atoms with E-state index in [9.17, 15) is 4.79 Å². The van der Waals surface area contributed by atoms with Gasteiger partial charge in [0, 0.05) is 11.8 Å². The Balaban J connectivity index is 2.36. The van der Waals surface area contributed by atoms with Gasteiger partial charge in [-0.15, -0.1) is 0 Å². The van der Waals surface area contributed by atoms with Gasteiger partial charge in [-0.2, -0.15) is 0 Å². The highest BCUT2D eigenvalue weighted by Crippen LogP contribution is 2.42. The van der Waals surface area contributed by atoms with Crippen LogP contribution < -0.4 is 0 Å². The molecule has 20 heavy (non-hydrogen) atoms. The first-order valence-corrected chi connectivity index (χ1v) is 7.90. The predicted octanol–water partition coefficient (Wildman–Crippen LogP) is 5.20. The van der Waals surface area contributed by atoms with E-state index in [0.29, 0.717) is 12.2 Å². The van der Waals surface area contributed by atoms with Gasteiger partial charge < -0.3 is 0 Å².